The van der Waals surface area contributed by atoms with Crippen LogP contribution in [-0.4, -0.2) is 29.0 Å². The van der Waals surface area contributed by atoms with Gasteiger partial charge in [0.15, 0.2) is 0 Å². The van der Waals surface area contributed by atoms with Gasteiger partial charge in [0.2, 0.25) is 0 Å². The standard InChI is InChI=1S/C11H11F2NO2/c12-8-5-7(15)6-9(13)10(8)11(16)14-3-1-2-4-14/h5-6,15H,1-4H2. The average Bonchev–Trinajstić information content (AvgIpc) is 2.67. The van der Waals surface area contributed by atoms with Crippen molar-refractivity contribution in [2.75, 3.05) is 13.1 Å². The summed E-state index contributed by atoms with van der Waals surface area (Å²) in [5.74, 6) is -3.20. The highest BCUT2D eigenvalue weighted by atomic mass is 19.1. The third kappa shape index (κ3) is 1.85. The molecule has 2 rings (SSSR count). The summed E-state index contributed by atoms with van der Waals surface area (Å²) in [7, 11) is 0. The molecule has 0 bridgehead atoms. The Kier molecular flexibility index (Phi) is 2.77. The van der Waals surface area contributed by atoms with E-state index in [0.717, 1.165) is 25.0 Å². The predicted octanol–water partition coefficient (Wildman–Crippen LogP) is 1.91. The van der Waals surface area contributed by atoms with Crippen molar-refractivity contribution in [1.82, 2.24) is 4.90 Å². The lowest BCUT2D eigenvalue weighted by atomic mass is 10.1. The maximum atomic E-state index is 13.4. The number of aromatic hydroxyl groups is 1. The van der Waals surface area contributed by atoms with Crippen LogP contribution in [0.4, 0.5) is 8.78 Å². The summed E-state index contributed by atoms with van der Waals surface area (Å²) in [6, 6.07) is 1.48. The molecule has 1 saturated heterocycles. The molecular formula is C11H11F2NO2. The summed E-state index contributed by atoms with van der Waals surface area (Å²) in [4.78, 5) is 13.2. The Labute approximate surface area is 91.3 Å². The van der Waals surface area contributed by atoms with Gasteiger partial charge in [-0.05, 0) is 12.8 Å². The Hall–Kier alpha value is -1.65. The zero-order valence-corrected chi connectivity index (χ0v) is 8.54. The minimum atomic E-state index is -1.02. The fourth-order valence-corrected chi connectivity index (χ4v) is 1.84. The first-order chi connectivity index (χ1) is 7.59. The van der Waals surface area contributed by atoms with Crippen molar-refractivity contribution in [2.45, 2.75) is 12.8 Å². The fraction of sp³-hybridized carbons (Fsp3) is 0.364. The maximum absolute atomic E-state index is 13.4. The van der Waals surface area contributed by atoms with Crippen molar-refractivity contribution in [1.29, 1.82) is 0 Å². The molecule has 1 amide bonds. The third-order valence-electron chi connectivity index (χ3n) is 2.63. The summed E-state index contributed by atoms with van der Waals surface area (Å²) in [6.07, 6.45) is 1.71. The van der Waals surface area contributed by atoms with E-state index in [9.17, 15) is 13.6 Å². The molecule has 1 aromatic rings. The van der Waals surface area contributed by atoms with Crippen LogP contribution in [0.5, 0.6) is 5.75 Å². The second kappa shape index (κ2) is 4.08. The molecule has 1 aromatic carbocycles. The molecule has 1 aliphatic heterocycles. The number of phenolic OH excluding ortho intramolecular Hbond substituents is 1. The van der Waals surface area contributed by atoms with Crippen LogP contribution in [0.15, 0.2) is 12.1 Å². The SMILES string of the molecule is O=C(c1c(F)cc(O)cc1F)N1CCCC1. The number of benzene rings is 1. The number of nitrogens with zero attached hydrogens (tertiary/aromatic N) is 1. The molecule has 3 nitrogen and oxygen atoms in total. The average molecular weight is 227 g/mol. The second-order valence-electron chi connectivity index (χ2n) is 3.78. The smallest absolute Gasteiger partial charge is 0.259 e. The van der Waals surface area contributed by atoms with E-state index in [1.54, 1.807) is 0 Å². The highest BCUT2D eigenvalue weighted by molar-refractivity contribution is 5.95. The molecule has 0 saturated carbocycles. The van der Waals surface area contributed by atoms with Gasteiger partial charge in [-0.2, -0.15) is 0 Å². The van der Waals surface area contributed by atoms with Gasteiger partial charge in [0.1, 0.15) is 22.9 Å². The van der Waals surface area contributed by atoms with Crippen LogP contribution >= 0.6 is 0 Å². The van der Waals surface area contributed by atoms with Gasteiger partial charge in [0, 0.05) is 25.2 Å². The monoisotopic (exact) mass is 227 g/mol. The summed E-state index contributed by atoms with van der Waals surface area (Å²) in [5.41, 5.74) is -0.584. The zero-order valence-electron chi connectivity index (χ0n) is 8.54. The fourth-order valence-electron chi connectivity index (χ4n) is 1.84. The number of phenols is 1. The van der Waals surface area contributed by atoms with Crippen LogP contribution in [0.25, 0.3) is 0 Å². The normalized spacial score (nSPS) is 15.5. The van der Waals surface area contributed by atoms with Crippen LogP contribution in [0.2, 0.25) is 0 Å². The van der Waals surface area contributed by atoms with Gasteiger partial charge >= 0.3 is 0 Å². The molecule has 0 aliphatic carbocycles. The third-order valence-corrected chi connectivity index (χ3v) is 2.63. The number of likely N-dealkylation sites (tertiary alicyclic amines) is 1. The zero-order chi connectivity index (χ0) is 11.7. The molecule has 16 heavy (non-hydrogen) atoms. The number of carbonyl (C=O) groups is 1. The maximum Gasteiger partial charge on any atom is 0.259 e. The van der Waals surface area contributed by atoms with Crippen molar-refractivity contribution in [3.05, 3.63) is 29.3 Å². The number of halogens is 2. The van der Waals surface area contributed by atoms with E-state index in [4.69, 9.17) is 5.11 Å². The summed E-state index contributed by atoms with van der Waals surface area (Å²) in [6.45, 7) is 1.05. The van der Waals surface area contributed by atoms with Crippen molar-refractivity contribution < 1.29 is 18.7 Å². The Morgan fingerprint density at radius 1 is 1.19 bits per heavy atom. The van der Waals surface area contributed by atoms with Crippen LogP contribution in [-0.2, 0) is 0 Å². The van der Waals surface area contributed by atoms with E-state index in [1.807, 2.05) is 0 Å². The minimum Gasteiger partial charge on any atom is -0.508 e. The molecule has 5 heteroatoms. The van der Waals surface area contributed by atoms with Crippen LogP contribution in [0.1, 0.15) is 23.2 Å². The van der Waals surface area contributed by atoms with E-state index >= 15 is 0 Å². The van der Waals surface area contributed by atoms with E-state index in [2.05, 4.69) is 0 Å². The molecule has 1 aliphatic rings. The van der Waals surface area contributed by atoms with Gasteiger partial charge in [-0.1, -0.05) is 0 Å². The van der Waals surface area contributed by atoms with Gasteiger partial charge in [0.05, 0.1) is 0 Å². The predicted molar refractivity (Wildman–Crippen MR) is 53.2 cm³/mol. The number of amides is 1. The van der Waals surface area contributed by atoms with Crippen LogP contribution < -0.4 is 0 Å². The second-order valence-corrected chi connectivity index (χ2v) is 3.78. The minimum absolute atomic E-state index is 0.520. The number of hydrogen-bond acceptors (Lipinski definition) is 2. The van der Waals surface area contributed by atoms with Crippen molar-refractivity contribution >= 4 is 5.91 Å². The Bertz CT molecular complexity index is 405. The van der Waals surface area contributed by atoms with Crippen LogP contribution in [0.3, 0.4) is 0 Å². The van der Waals surface area contributed by atoms with Crippen molar-refractivity contribution in [3.63, 3.8) is 0 Å². The van der Waals surface area contributed by atoms with E-state index in [0.29, 0.717) is 13.1 Å². The molecular weight excluding hydrogens is 216 g/mol. The van der Waals surface area contributed by atoms with E-state index in [-0.39, 0.29) is 0 Å². The van der Waals surface area contributed by atoms with Gasteiger partial charge < -0.3 is 10.0 Å². The molecule has 1 N–H and O–H groups in total. The van der Waals surface area contributed by atoms with Crippen molar-refractivity contribution in [2.24, 2.45) is 0 Å². The first-order valence-electron chi connectivity index (χ1n) is 5.07. The quantitative estimate of drug-likeness (QED) is 0.796. The first kappa shape index (κ1) is 10.9. The lowest BCUT2D eigenvalue weighted by Gasteiger charge is -2.16. The molecule has 1 fully saturated rings. The van der Waals surface area contributed by atoms with Crippen molar-refractivity contribution in [3.8, 4) is 5.75 Å². The molecule has 0 aromatic heterocycles. The molecule has 0 spiro atoms. The topological polar surface area (TPSA) is 40.5 Å². The lowest BCUT2D eigenvalue weighted by molar-refractivity contribution is 0.0783. The Morgan fingerprint density at radius 3 is 2.19 bits per heavy atom. The number of carbonyl (C=O) groups excluding carboxylic acids is 1. The van der Waals surface area contributed by atoms with Crippen LogP contribution in [0, 0.1) is 11.6 Å². The first-order valence-corrected chi connectivity index (χ1v) is 5.07. The molecule has 0 atom stereocenters. The Morgan fingerprint density at radius 2 is 1.69 bits per heavy atom. The molecule has 1 heterocycles. The molecule has 0 unspecified atom stereocenters. The summed E-state index contributed by atoms with van der Waals surface area (Å²) in [5, 5.41) is 8.96. The lowest BCUT2D eigenvalue weighted by Crippen LogP contribution is -2.29. The largest absolute Gasteiger partial charge is 0.508 e. The number of hydrogen-bond donors (Lipinski definition) is 1. The summed E-state index contributed by atoms with van der Waals surface area (Å²) >= 11 is 0. The highest BCUT2D eigenvalue weighted by Crippen LogP contribution is 2.22. The molecule has 0 radical (unpaired) electrons. The Balaban J connectivity index is 2.35. The summed E-state index contributed by atoms with van der Waals surface area (Å²) < 4.78 is 26.7. The number of rotatable bonds is 1. The molecule has 86 valence electrons. The van der Waals surface area contributed by atoms with Gasteiger partial charge in [-0.25, -0.2) is 8.78 Å². The van der Waals surface area contributed by atoms with E-state index in [1.165, 1.54) is 4.90 Å². The van der Waals surface area contributed by atoms with E-state index < -0.39 is 28.9 Å². The van der Waals surface area contributed by atoms with Gasteiger partial charge in [-0.15, -0.1) is 0 Å². The van der Waals surface area contributed by atoms with Gasteiger partial charge in [0.25, 0.3) is 5.91 Å². The highest BCUT2D eigenvalue weighted by Gasteiger charge is 2.25. The van der Waals surface area contributed by atoms with Gasteiger partial charge in [-0.3, -0.25) is 4.79 Å².